The third-order valence-electron chi connectivity index (χ3n) is 1.36. The Balaban J connectivity index is 2.98. The fourth-order valence-corrected chi connectivity index (χ4v) is 0.843. The molecule has 1 heterocycles. The van der Waals surface area contributed by atoms with Gasteiger partial charge in [0.2, 0.25) is 5.88 Å². The summed E-state index contributed by atoms with van der Waals surface area (Å²) in [6.45, 7) is 0.454. The summed E-state index contributed by atoms with van der Waals surface area (Å²) < 4.78 is 4.81. The van der Waals surface area contributed by atoms with Crippen molar-refractivity contribution >= 4 is 0 Å². The Morgan fingerprint density at radius 1 is 1.75 bits per heavy atom. The number of aromatic nitrogens is 2. The highest BCUT2D eigenvalue weighted by atomic mass is 16.5. The van der Waals surface area contributed by atoms with E-state index in [1.807, 2.05) is 0 Å². The van der Waals surface area contributed by atoms with E-state index in [9.17, 15) is 4.79 Å². The van der Waals surface area contributed by atoms with E-state index in [1.165, 1.54) is 13.2 Å². The zero-order chi connectivity index (χ0) is 8.97. The molecule has 0 aliphatic heterocycles. The zero-order valence-electron chi connectivity index (χ0n) is 6.83. The molecule has 0 unspecified atom stereocenters. The predicted octanol–water partition coefficient (Wildman–Crippen LogP) is -0.720. The van der Waals surface area contributed by atoms with Crippen LogP contribution in [0.1, 0.15) is 5.82 Å². The van der Waals surface area contributed by atoms with Crippen LogP contribution in [0.4, 0.5) is 0 Å². The summed E-state index contributed by atoms with van der Waals surface area (Å²) in [5.74, 6) is 0.879. The molecular weight excluding hydrogens is 158 g/mol. The van der Waals surface area contributed by atoms with Crippen LogP contribution in [0.2, 0.25) is 0 Å². The Morgan fingerprint density at radius 2 is 2.50 bits per heavy atom. The van der Waals surface area contributed by atoms with Crippen molar-refractivity contribution < 1.29 is 4.74 Å². The standard InChI is InChI=1S/C7H11N3O2/c1-12-7-4-6(11)9-5(10-7)2-3-8/h4H,2-3,8H2,1H3,(H,9,10,11). The number of hydrogen-bond acceptors (Lipinski definition) is 4. The van der Waals surface area contributed by atoms with Crippen LogP contribution in [0.15, 0.2) is 10.9 Å². The molecule has 0 fully saturated rings. The third-order valence-corrected chi connectivity index (χ3v) is 1.36. The quantitative estimate of drug-likeness (QED) is 0.625. The highest BCUT2D eigenvalue weighted by Crippen LogP contribution is 1.99. The van der Waals surface area contributed by atoms with Crippen LogP contribution in [-0.4, -0.2) is 23.6 Å². The average molecular weight is 169 g/mol. The van der Waals surface area contributed by atoms with Crippen molar-refractivity contribution in [2.24, 2.45) is 5.73 Å². The fraction of sp³-hybridized carbons (Fsp3) is 0.429. The first-order valence-electron chi connectivity index (χ1n) is 3.60. The third kappa shape index (κ3) is 2.06. The molecule has 1 aromatic heterocycles. The van der Waals surface area contributed by atoms with Crippen molar-refractivity contribution in [1.29, 1.82) is 0 Å². The maximum Gasteiger partial charge on any atom is 0.254 e. The van der Waals surface area contributed by atoms with Gasteiger partial charge in [-0.2, -0.15) is 0 Å². The van der Waals surface area contributed by atoms with Crippen molar-refractivity contribution in [1.82, 2.24) is 9.97 Å². The molecule has 0 amide bonds. The minimum atomic E-state index is -0.217. The van der Waals surface area contributed by atoms with Gasteiger partial charge in [-0.15, -0.1) is 0 Å². The number of hydrogen-bond donors (Lipinski definition) is 2. The Hall–Kier alpha value is -1.36. The lowest BCUT2D eigenvalue weighted by molar-refractivity contribution is 0.394. The lowest BCUT2D eigenvalue weighted by Crippen LogP contribution is -2.14. The maximum atomic E-state index is 10.9. The smallest absolute Gasteiger partial charge is 0.254 e. The van der Waals surface area contributed by atoms with Gasteiger partial charge in [-0.25, -0.2) is 4.98 Å². The van der Waals surface area contributed by atoms with Gasteiger partial charge in [0, 0.05) is 6.42 Å². The van der Waals surface area contributed by atoms with Gasteiger partial charge in [-0.1, -0.05) is 0 Å². The fourth-order valence-electron chi connectivity index (χ4n) is 0.843. The summed E-state index contributed by atoms with van der Waals surface area (Å²) >= 11 is 0. The van der Waals surface area contributed by atoms with Crippen LogP contribution >= 0.6 is 0 Å². The minimum Gasteiger partial charge on any atom is -0.481 e. The topological polar surface area (TPSA) is 81.0 Å². The average Bonchev–Trinajstić information content (AvgIpc) is 2.04. The molecule has 0 radical (unpaired) electrons. The normalized spacial score (nSPS) is 9.83. The van der Waals surface area contributed by atoms with E-state index < -0.39 is 0 Å². The van der Waals surface area contributed by atoms with Crippen molar-refractivity contribution in [2.45, 2.75) is 6.42 Å². The van der Waals surface area contributed by atoms with Crippen molar-refractivity contribution in [3.05, 3.63) is 22.2 Å². The first kappa shape index (κ1) is 8.73. The number of H-pyrrole nitrogens is 1. The molecule has 5 heteroatoms. The molecule has 0 saturated carbocycles. The lowest BCUT2D eigenvalue weighted by Gasteiger charge is -2.00. The van der Waals surface area contributed by atoms with E-state index in [1.54, 1.807) is 0 Å². The second kappa shape index (κ2) is 3.87. The number of ether oxygens (including phenoxy) is 1. The van der Waals surface area contributed by atoms with Gasteiger partial charge in [0.05, 0.1) is 13.2 Å². The van der Waals surface area contributed by atoms with Crippen LogP contribution in [0.5, 0.6) is 5.88 Å². The molecule has 0 spiro atoms. The molecule has 3 N–H and O–H groups in total. The molecule has 0 aromatic carbocycles. The van der Waals surface area contributed by atoms with Gasteiger partial charge < -0.3 is 15.5 Å². The Morgan fingerprint density at radius 3 is 3.08 bits per heavy atom. The molecule has 5 nitrogen and oxygen atoms in total. The molecule has 1 rings (SSSR count). The predicted molar refractivity (Wildman–Crippen MR) is 44.2 cm³/mol. The van der Waals surface area contributed by atoms with Gasteiger partial charge in [0.15, 0.2) is 0 Å². The molecule has 0 saturated heterocycles. The first-order chi connectivity index (χ1) is 5.76. The van der Waals surface area contributed by atoms with Crippen LogP contribution in [0, 0.1) is 0 Å². The summed E-state index contributed by atoms with van der Waals surface area (Å²) in [6.07, 6.45) is 0.548. The van der Waals surface area contributed by atoms with E-state index in [0.29, 0.717) is 24.7 Å². The Kier molecular flexibility index (Phi) is 2.82. The largest absolute Gasteiger partial charge is 0.481 e. The van der Waals surface area contributed by atoms with Crippen molar-refractivity contribution in [3.63, 3.8) is 0 Å². The van der Waals surface area contributed by atoms with Gasteiger partial charge in [-0.05, 0) is 6.54 Å². The van der Waals surface area contributed by atoms with Crippen LogP contribution in [0.3, 0.4) is 0 Å². The highest BCUT2D eigenvalue weighted by molar-refractivity contribution is 5.08. The first-order valence-corrected chi connectivity index (χ1v) is 3.60. The minimum absolute atomic E-state index is 0.217. The summed E-state index contributed by atoms with van der Waals surface area (Å²) in [5.41, 5.74) is 5.08. The maximum absolute atomic E-state index is 10.9. The number of nitrogens with zero attached hydrogens (tertiary/aromatic N) is 1. The molecular formula is C7H11N3O2. The zero-order valence-corrected chi connectivity index (χ0v) is 6.83. The molecule has 12 heavy (non-hydrogen) atoms. The van der Waals surface area contributed by atoms with E-state index in [4.69, 9.17) is 10.5 Å². The second-order valence-electron chi connectivity index (χ2n) is 2.27. The molecule has 0 bridgehead atoms. The summed E-state index contributed by atoms with van der Waals surface area (Å²) in [4.78, 5) is 17.5. The molecule has 0 aliphatic carbocycles. The summed E-state index contributed by atoms with van der Waals surface area (Å²) in [5, 5.41) is 0. The molecule has 66 valence electrons. The Labute approximate surface area is 69.6 Å². The van der Waals surface area contributed by atoms with E-state index >= 15 is 0 Å². The SMILES string of the molecule is COc1cc(=O)[nH]c(CCN)n1. The van der Waals surface area contributed by atoms with Crippen LogP contribution in [0.25, 0.3) is 0 Å². The molecule has 1 aromatic rings. The monoisotopic (exact) mass is 169 g/mol. The molecule has 0 atom stereocenters. The van der Waals surface area contributed by atoms with E-state index in [0.717, 1.165) is 0 Å². The summed E-state index contributed by atoms with van der Waals surface area (Å²) in [7, 11) is 1.47. The number of rotatable bonds is 3. The summed E-state index contributed by atoms with van der Waals surface area (Å²) in [6, 6.07) is 1.29. The lowest BCUT2D eigenvalue weighted by atomic mass is 10.4. The van der Waals surface area contributed by atoms with Crippen LogP contribution in [-0.2, 0) is 6.42 Å². The molecule has 0 aliphatic rings. The number of aromatic amines is 1. The van der Waals surface area contributed by atoms with E-state index in [2.05, 4.69) is 9.97 Å². The van der Waals surface area contributed by atoms with Gasteiger partial charge in [0.25, 0.3) is 5.56 Å². The second-order valence-corrected chi connectivity index (χ2v) is 2.27. The number of nitrogens with two attached hydrogens (primary N) is 1. The Bertz CT molecular complexity index is 308. The number of methoxy groups -OCH3 is 1. The van der Waals surface area contributed by atoms with Crippen LogP contribution < -0.4 is 16.0 Å². The van der Waals surface area contributed by atoms with Crippen molar-refractivity contribution in [2.75, 3.05) is 13.7 Å². The highest BCUT2D eigenvalue weighted by Gasteiger charge is 1.98. The number of nitrogens with one attached hydrogen (secondary N) is 1. The van der Waals surface area contributed by atoms with E-state index in [-0.39, 0.29) is 5.56 Å². The van der Waals surface area contributed by atoms with Crippen molar-refractivity contribution in [3.8, 4) is 5.88 Å². The van der Waals surface area contributed by atoms with Gasteiger partial charge in [0.1, 0.15) is 5.82 Å². The van der Waals surface area contributed by atoms with Gasteiger partial charge >= 0.3 is 0 Å². The van der Waals surface area contributed by atoms with Gasteiger partial charge in [-0.3, -0.25) is 4.79 Å².